The van der Waals surface area contributed by atoms with Crippen molar-refractivity contribution >= 4 is 28.9 Å². The minimum Gasteiger partial charge on any atom is -0.484 e. The third-order valence-electron chi connectivity index (χ3n) is 2.84. The Morgan fingerprint density at radius 2 is 2.14 bits per heavy atom. The minimum absolute atomic E-state index is 0.0846. The highest BCUT2D eigenvalue weighted by Gasteiger charge is 2.13. The molecule has 5 nitrogen and oxygen atoms in total. The molecule has 110 valence electrons. The highest BCUT2D eigenvalue weighted by Crippen LogP contribution is 2.21. The summed E-state index contributed by atoms with van der Waals surface area (Å²) in [5.41, 5.74) is 1.50. The summed E-state index contributed by atoms with van der Waals surface area (Å²) in [4.78, 5) is 22.7. The van der Waals surface area contributed by atoms with Crippen LogP contribution in [0.25, 0.3) is 0 Å². The van der Waals surface area contributed by atoms with Crippen molar-refractivity contribution in [2.24, 2.45) is 0 Å². The summed E-state index contributed by atoms with van der Waals surface area (Å²) < 4.78 is 5.40. The molecule has 6 heteroatoms. The number of rotatable bonds is 6. The number of thiophene rings is 1. The third-order valence-corrected chi connectivity index (χ3v) is 3.59. The number of hydrogen-bond donors (Lipinski definition) is 2. The summed E-state index contributed by atoms with van der Waals surface area (Å²) in [6, 6.07) is 7.51. The zero-order valence-electron chi connectivity index (χ0n) is 11.5. The van der Waals surface area contributed by atoms with Gasteiger partial charge in [0.05, 0.1) is 11.3 Å². The largest absolute Gasteiger partial charge is 0.484 e. The van der Waals surface area contributed by atoms with Gasteiger partial charge in [0, 0.05) is 10.8 Å². The standard InChI is InChI=1S/C15H15NO4S/c1-2-10-4-3-5-11(6-10)20-7-14(17)16-13-9-21-8-12(13)15(18)19/h3-6,8-9H,2,7H2,1H3,(H,16,17)(H,18,19). The van der Waals surface area contributed by atoms with Crippen LogP contribution in [0.1, 0.15) is 22.8 Å². The van der Waals surface area contributed by atoms with E-state index >= 15 is 0 Å². The highest BCUT2D eigenvalue weighted by atomic mass is 32.1. The maximum atomic E-state index is 11.8. The average molecular weight is 305 g/mol. The lowest BCUT2D eigenvalue weighted by atomic mass is 10.2. The molecule has 0 aliphatic carbocycles. The Bertz CT molecular complexity index is 651. The van der Waals surface area contributed by atoms with E-state index in [9.17, 15) is 9.59 Å². The molecule has 1 heterocycles. The molecule has 1 aromatic heterocycles. The monoisotopic (exact) mass is 305 g/mol. The van der Waals surface area contributed by atoms with E-state index in [4.69, 9.17) is 9.84 Å². The van der Waals surface area contributed by atoms with Crippen molar-refractivity contribution in [3.63, 3.8) is 0 Å². The number of amides is 1. The van der Waals surface area contributed by atoms with Crippen LogP contribution in [0, 0.1) is 0 Å². The van der Waals surface area contributed by atoms with Gasteiger partial charge in [-0.1, -0.05) is 19.1 Å². The van der Waals surface area contributed by atoms with E-state index in [0.717, 1.165) is 12.0 Å². The molecule has 0 spiro atoms. The normalized spacial score (nSPS) is 10.1. The van der Waals surface area contributed by atoms with Crippen molar-refractivity contribution < 1.29 is 19.4 Å². The maximum Gasteiger partial charge on any atom is 0.338 e. The zero-order chi connectivity index (χ0) is 15.2. The molecule has 0 aliphatic heterocycles. The SMILES string of the molecule is CCc1cccc(OCC(=O)Nc2cscc2C(=O)O)c1. The molecular formula is C15H15NO4S. The van der Waals surface area contributed by atoms with Crippen molar-refractivity contribution in [1.29, 1.82) is 0 Å². The van der Waals surface area contributed by atoms with Crippen LogP contribution >= 0.6 is 11.3 Å². The number of carboxylic acid groups (broad SMARTS) is 1. The molecule has 0 atom stereocenters. The Morgan fingerprint density at radius 3 is 2.86 bits per heavy atom. The van der Waals surface area contributed by atoms with Gasteiger partial charge in [0.15, 0.2) is 6.61 Å². The number of aromatic carboxylic acids is 1. The van der Waals surface area contributed by atoms with E-state index in [1.165, 1.54) is 16.7 Å². The smallest absolute Gasteiger partial charge is 0.338 e. The van der Waals surface area contributed by atoms with Gasteiger partial charge in [-0.15, -0.1) is 11.3 Å². The predicted molar refractivity (Wildman–Crippen MR) is 81.2 cm³/mol. The van der Waals surface area contributed by atoms with Gasteiger partial charge in [-0.2, -0.15) is 0 Å². The number of aryl methyl sites for hydroxylation is 1. The molecule has 0 fully saturated rings. The Balaban J connectivity index is 1.93. The Kier molecular flexibility index (Phi) is 4.94. The number of anilines is 1. The second-order valence-electron chi connectivity index (χ2n) is 4.34. The fourth-order valence-corrected chi connectivity index (χ4v) is 2.50. The van der Waals surface area contributed by atoms with Crippen molar-refractivity contribution in [2.45, 2.75) is 13.3 Å². The average Bonchev–Trinajstić information content (AvgIpc) is 2.93. The van der Waals surface area contributed by atoms with Crippen LogP contribution in [0.2, 0.25) is 0 Å². The lowest BCUT2D eigenvalue weighted by Gasteiger charge is -2.08. The molecular weight excluding hydrogens is 290 g/mol. The number of ether oxygens (including phenoxy) is 1. The first-order valence-corrected chi connectivity index (χ1v) is 7.35. The van der Waals surface area contributed by atoms with Crippen LogP contribution in [-0.4, -0.2) is 23.6 Å². The summed E-state index contributed by atoms with van der Waals surface area (Å²) >= 11 is 1.22. The lowest BCUT2D eigenvalue weighted by molar-refractivity contribution is -0.118. The maximum absolute atomic E-state index is 11.8. The number of hydrogen-bond acceptors (Lipinski definition) is 4. The summed E-state index contributed by atoms with van der Waals surface area (Å²) in [6.45, 7) is 1.87. The molecule has 2 N–H and O–H groups in total. The van der Waals surface area contributed by atoms with Crippen molar-refractivity contribution in [2.75, 3.05) is 11.9 Å². The number of benzene rings is 1. The van der Waals surface area contributed by atoms with E-state index in [2.05, 4.69) is 5.32 Å². The fourth-order valence-electron chi connectivity index (χ4n) is 1.75. The van der Waals surface area contributed by atoms with Crippen LogP contribution < -0.4 is 10.1 Å². The molecule has 2 aromatic rings. The van der Waals surface area contributed by atoms with Gasteiger partial charge in [-0.3, -0.25) is 4.79 Å². The summed E-state index contributed by atoms with van der Waals surface area (Å²) in [7, 11) is 0. The van der Waals surface area contributed by atoms with Gasteiger partial charge in [-0.05, 0) is 24.1 Å². The van der Waals surface area contributed by atoms with Gasteiger partial charge in [0.1, 0.15) is 5.75 Å². The fraction of sp³-hybridized carbons (Fsp3) is 0.200. The molecule has 0 unspecified atom stereocenters. The van der Waals surface area contributed by atoms with E-state index in [1.54, 1.807) is 11.4 Å². The number of carboxylic acids is 1. The van der Waals surface area contributed by atoms with Crippen LogP contribution in [0.15, 0.2) is 35.0 Å². The van der Waals surface area contributed by atoms with Crippen molar-refractivity contribution in [3.8, 4) is 5.75 Å². The predicted octanol–water partition coefficient (Wildman–Crippen LogP) is 3.03. The zero-order valence-corrected chi connectivity index (χ0v) is 12.3. The van der Waals surface area contributed by atoms with Crippen LogP contribution in [0.3, 0.4) is 0 Å². The summed E-state index contributed by atoms with van der Waals surface area (Å²) in [6.07, 6.45) is 0.889. The number of carbonyl (C=O) groups is 2. The molecule has 1 aromatic carbocycles. The van der Waals surface area contributed by atoms with Gasteiger partial charge < -0.3 is 15.2 Å². The molecule has 1 amide bonds. The Labute approximate surface area is 126 Å². The first-order valence-electron chi connectivity index (χ1n) is 6.41. The van der Waals surface area contributed by atoms with Crippen LogP contribution in [0.5, 0.6) is 5.75 Å². The van der Waals surface area contributed by atoms with Gasteiger partial charge in [0.2, 0.25) is 0 Å². The Hall–Kier alpha value is -2.34. The lowest BCUT2D eigenvalue weighted by Crippen LogP contribution is -2.21. The molecule has 0 saturated carbocycles. The molecule has 0 radical (unpaired) electrons. The molecule has 0 bridgehead atoms. The summed E-state index contributed by atoms with van der Waals surface area (Å²) in [5.74, 6) is -0.839. The number of nitrogens with one attached hydrogen (secondary N) is 1. The van der Waals surface area contributed by atoms with Gasteiger partial charge >= 0.3 is 5.97 Å². The molecule has 2 rings (SSSR count). The Morgan fingerprint density at radius 1 is 1.33 bits per heavy atom. The second-order valence-corrected chi connectivity index (χ2v) is 5.09. The molecule has 21 heavy (non-hydrogen) atoms. The number of carbonyl (C=O) groups excluding carboxylic acids is 1. The van der Waals surface area contributed by atoms with Gasteiger partial charge in [0.25, 0.3) is 5.91 Å². The van der Waals surface area contributed by atoms with Gasteiger partial charge in [-0.25, -0.2) is 4.79 Å². The first kappa shape index (κ1) is 15.1. The van der Waals surface area contributed by atoms with E-state index in [1.807, 2.05) is 25.1 Å². The topological polar surface area (TPSA) is 75.6 Å². The molecule has 0 aliphatic rings. The van der Waals surface area contributed by atoms with Crippen LogP contribution in [-0.2, 0) is 11.2 Å². The summed E-state index contributed by atoms with van der Waals surface area (Å²) in [5, 5.41) is 14.6. The minimum atomic E-state index is -1.07. The second kappa shape index (κ2) is 6.90. The van der Waals surface area contributed by atoms with E-state index in [-0.39, 0.29) is 12.2 Å². The van der Waals surface area contributed by atoms with Crippen molar-refractivity contribution in [1.82, 2.24) is 0 Å². The quantitative estimate of drug-likeness (QED) is 0.860. The molecule has 0 saturated heterocycles. The van der Waals surface area contributed by atoms with Crippen molar-refractivity contribution in [3.05, 3.63) is 46.2 Å². The van der Waals surface area contributed by atoms with E-state index < -0.39 is 11.9 Å². The third kappa shape index (κ3) is 4.06. The van der Waals surface area contributed by atoms with E-state index in [0.29, 0.717) is 11.4 Å². The highest BCUT2D eigenvalue weighted by molar-refractivity contribution is 7.08. The first-order chi connectivity index (χ1) is 10.1. The van der Waals surface area contributed by atoms with Crippen LogP contribution in [0.4, 0.5) is 5.69 Å².